The Morgan fingerprint density at radius 2 is 1.76 bits per heavy atom. The SMILES string of the molecule is COc1ncc(-c2cn3c(=O)ccnc3cc2C)cc1NS(=O)(=O)c1ccc(C(F)(F)F)cc1. The first-order valence-corrected chi connectivity index (χ1v) is 11.2. The smallest absolute Gasteiger partial charge is 0.416 e. The molecule has 0 amide bonds. The molecule has 176 valence electrons. The van der Waals surface area contributed by atoms with E-state index in [9.17, 15) is 26.4 Å². The number of halogens is 3. The first-order valence-electron chi connectivity index (χ1n) is 9.72. The maximum atomic E-state index is 12.8. The maximum Gasteiger partial charge on any atom is 0.416 e. The minimum atomic E-state index is -4.59. The summed E-state index contributed by atoms with van der Waals surface area (Å²) >= 11 is 0. The highest BCUT2D eigenvalue weighted by atomic mass is 32.2. The van der Waals surface area contributed by atoms with E-state index < -0.39 is 21.8 Å². The van der Waals surface area contributed by atoms with Crippen molar-refractivity contribution in [2.75, 3.05) is 11.8 Å². The third-order valence-electron chi connectivity index (χ3n) is 5.03. The van der Waals surface area contributed by atoms with Gasteiger partial charge in [0, 0.05) is 35.8 Å². The standard InChI is InChI=1S/C22H17F3N4O4S/c1-13-9-19-26-8-7-20(30)29(19)12-17(13)14-10-18(21(33-2)27-11-14)28-34(31,32)16-5-3-15(4-6-16)22(23,24)25/h3-12,28H,1-2H3. The van der Waals surface area contributed by atoms with Crippen molar-refractivity contribution in [2.24, 2.45) is 0 Å². The van der Waals surface area contributed by atoms with Crippen molar-refractivity contribution in [2.45, 2.75) is 18.0 Å². The molecular formula is C22H17F3N4O4S. The van der Waals surface area contributed by atoms with Crippen LogP contribution in [-0.4, -0.2) is 29.9 Å². The minimum absolute atomic E-state index is 0.0297. The van der Waals surface area contributed by atoms with E-state index in [1.807, 2.05) is 0 Å². The molecule has 0 fully saturated rings. The lowest BCUT2D eigenvalue weighted by molar-refractivity contribution is -0.137. The van der Waals surface area contributed by atoms with Crippen molar-refractivity contribution in [3.8, 4) is 17.0 Å². The van der Waals surface area contributed by atoms with Gasteiger partial charge in [0.2, 0.25) is 5.88 Å². The Balaban J connectivity index is 1.75. The first kappa shape index (κ1) is 23.2. The Morgan fingerprint density at radius 1 is 1.06 bits per heavy atom. The van der Waals surface area contributed by atoms with Gasteiger partial charge < -0.3 is 4.74 Å². The van der Waals surface area contributed by atoms with Crippen LogP contribution in [0.1, 0.15) is 11.1 Å². The number of aromatic nitrogens is 3. The van der Waals surface area contributed by atoms with Crippen molar-refractivity contribution < 1.29 is 26.3 Å². The number of aryl methyl sites for hydroxylation is 1. The predicted molar refractivity (Wildman–Crippen MR) is 118 cm³/mol. The van der Waals surface area contributed by atoms with E-state index in [0.29, 0.717) is 28.9 Å². The number of pyridine rings is 2. The quantitative estimate of drug-likeness (QED) is 0.455. The van der Waals surface area contributed by atoms with Gasteiger partial charge in [-0.25, -0.2) is 18.4 Å². The van der Waals surface area contributed by atoms with Crippen molar-refractivity contribution in [1.82, 2.24) is 14.4 Å². The van der Waals surface area contributed by atoms with E-state index in [0.717, 1.165) is 17.7 Å². The molecule has 34 heavy (non-hydrogen) atoms. The second kappa shape index (κ2) is 8.45. The molecule has 3 aromatic heterocycles. The lowest BCUT2D eigenvalue weighted by Gasteiger charge is -2.14. The molecule has 4 rings (SSSR count). The summed E-state index contributed by atoms with van der Waals surface area (Å²) in [5.74, 6) is -0.0449. The van der Waals surface area contributed by atoms with Gasteiger partial charge in [-0.05, 0) is 48.9 Å². The van der Waals surface area contributed by atoms with Gasteiger partial charge >= 0.3 is 6.18 Å². The number of alkyl halides is 3. The summed E-state index contributed by atoms with van der Waals surface area (Å²) in [5, 5.41) is 0. The summed E-state index contributed by atoms with van der Waals surface area (Å²) < 4.78 is 72.9. The molecule has 0 aliphatic rings. The van der Waals surface area contributed by atoms with Crippen LogP contribution >= 0.6 is 0 Å². The van der Waals surface area contributed by atoms with Gasteiger partial charge in [-0.15, -0.1) is 0 Å². The van der Waals surface area contributed by atoms with Crippen LogP contribution in [-0.2, 0) is 16.2 Å². The zero-order chi connectivity index (χ0) is 24.7. The second-order valence-corrected chi connectivity index (χ2v) is 8.97. The van der Waals surface area contributed by atoms with Crippen molar-refractivity contribution in [3.63, 3.8) is 0 Å². The molecule has 1 aromatic carbocycles. The Labute approximate surface area is 191 Å². The van der Waals surface area contributed by atoms with Crippen molar-refractivity contribution in [1.29, 1.82) is 0 Å². The number of methoxy groups -OCH3 is 1. The average molecular weight is 490 g/mol. The van der Waals surface area contributed by atoms with Gasteiger partial charge in [0.1, 0.15) is 11.3 Å². The summed E-state index contributed by atoms with van der Waals surface area (Å²) in [7, 11) is -2.97. The molecule has 1 N–H and O–H groups in total. The zero-order valence-corrected chi connectivity index (χ0v) is 18.6. The average Bonchev–Trinajstić information content (AvgIpc) is 2.78. The van der Waals surface area contributed by atoms with E-state index in [2.05, 4.69) is 14.7 Å². The Bertz CT molecular complexity index is 1550. The molecule has 0 unspecified atom stereocenters. The Hall–Kier alpha value is -3.93. The highest BCUT2D eigenvalue weighted by Gasteiger charge is 2.30. The summed E-state index contributed by atoms with van der Waals surface area (Å²) in [6.07, 6.45) is -0.172. The Morgan fingerprint density at radius 3 is 2.41 bits per heavy atom. The van der Waals surface area contributed by atoms with Crippen LogP contribution in [0.2, 0.25) is 0 Å². The summed E-state index contributed by atoms with van der Waals surface area (Å²) in [6, 6.07) is 7.57. The molecule has 4 aromatic rings. The van der Waals surface area contributed by atoms with Gasteiger partial charge in [-0.3, -0.25) is 13.9 Å². The van der Waals surface area contributed by atoms with E-state index in [4.69, 9.17) is 4.74 Å². The van der Waals surface area contributed by atoms with Crippen LogP contribution in [0.5, 0.6) is 5.88 Å². The predicted octanol–water partition coefficient (Wildman–Crippen LogP) is 3.89. The number of hydrogen-bond donors (Lipinski definition) is 1. The Kier molecular flexibility index (Phi) is 5.77. The molecule has 0 spiro atoms. The number of fused-ring (bicyclic) bond motifs is 1. The van der Waals surface area contributed by atoms with Gasteiger partial charge in [-0.2, -0.15) is 13.2 Å². The highest BCUT2D eigenvalue weighted by Crippen LogP contribution is 2.33. The van der Waals surface area contributed by atoms with Gasteiger partial charge in [0.25, 0.3) is 15.6 Å². The summed E-state index contributed by atoms with van der Waals surface area (Å²) in [4.78, 5) is 20.1. The number of hydrogen-bond acceptors (Lipinski definition) is 6. The maximum absolute atomic E-state index is 12.8. The third-order valence-corrected chi connectivity index (χ3v) is 6.41. The molecule has 0 saturated heterocycles. The molecule has 0 atom stereocenters. The van der Waals surface area contributed by atoms with E-state index >= 15 is 0 Å². The molecule has 12 heteroatoms. The van der Waals surface area contributed by atoms with E-state index in [1.165, 1.54) is 36.0 Å². The fraction of sp³-hybridized carbons (Fsp3) is 0.136. The van der Waals surface area contributed by atoms with E-state index in [1.54, 1.807) is 19.2 Å². The monoisotopic (exact) mass is 490 g/mol. The largest absolute Gasteiger partial charge is 0.480 e. The molecule has 0 aliphatic heterocycles. The van der Waals surface area contributed by atoms with E-state index in [-0.39, 0.29) is 22.0 Å². The molecule has 0 saturated carbocycles. The van der Waals surface area contributed by atoms with Gasteiger partial charge in [0.15, 0.2) is 0 Å². The highest BCUT2D eigenvalue weighted by molar-refractivity contribution is 7.92. The number of rotatable bonds is 5. The lowest BCUT2D eigenvalue weighted by Crippen LogP contribution is -2.15. The molecule has 0 aliphatic carbocycles. The fourth-order valence-electron chi connectivity index (χ4n) is 3.34. The number of anilines is 1. The zero-order valence-electron chi connectivity index (χ0n) is 17.8. The van der Waals surface area contributed by atoms with Crippen LogP contribution in [0.3, 0.4) is 0 Å². The molecule has 8 nitrogen and oxygen atoms in total. The van der Waals surface area contributed by atoms with Crippen LogP contribution in [0, 0.1) is 6.92 Å². The van der Waals surface area contributed by atoms with Gasteiger partial charge in [-0.1, -0.05) is 0 Å². The molecule has 0 radical (unpaired) electrons. The third kappa shape index (κ3) is 4.44. The van der Waals surface area contributed by atoms with Crippen molar-refractivity contribution in [3.05, 3.63) is 82.5 Å². The number of nitrogens with one attached hydrogen (secondary N) is 1. The topological polar surface area (TPSA) is 103 Å². The normalized spacial score (nSPS) is 12.0. The molecule has 3 heterocycles. The molecule has 0 bridgehead atoms. The number of nitrogens with zero attached hydrogens (tertiary/aromatic N) is 3. The summed E-state index contributed by atoms with van der Waals surface area (Å²) in [5.41, 5.74) is 0.965. The van der Waals surface area contributed by atoms with Crippen LogP contribution in [0.15, 0.2) is 70.7 Å². The fourth-order valence-corrected chi connectivity index (χ4v) is 4.38. The number of sulfonamides is 1. The second-order valence-electron chi connectivity index (χ2n) is 7.29. The summed E-state index contributed by atoms with van der Waals surface area (Å²) in [6.45, 7) is 1.80. The van der Waals surface area contributed by atoms with Crippen molar-refractivity contribution >= 4 is 21.4 Å². The van der Waals surface area contributed by atoms with Crippen LogP contribution in [0.4, 0.5) is 18.9 Å². The van der Waals surface area contributed by atoms with Crippen LogP contribution < -0.4 is 15.0 Å². The number of ether oxygens (including phenoxy) is 1. The minimum Gasteiger partial charge on any atom is -0.480 e. The number of benzene rings is 1. The lowest BCUT2D eigenvalue weighted by atomic mass is 10.0. The molecular weight excluding hydrogens is 473 g/mol. The first-order chi connectivity index (χ1) is 16.0. The van der Waals surface area contributed by atoms with Crippen LogP contribution in [0.25, 0.3) is 16.8 Å². The van der Waals surface area contributed by atoms with Gasteiger partial charge in [0.05, 0.1) is 17.6 Å².